The van der Waals surface area contributed by atoms with E-state index in [1.54, 1.807) is 0 Å². The standard InChI is InChI=1S/C16H14O2/c17-15(10-12-6-2-1-3-7-12)14-11-18-16-9-5-4-8-13(14)16/h1-9,14H,10-11H2. The van der Waals surface area contributed by atoms with Crippen LogP contribution in [0.5, 0.6) is 5.75 Å². The summed E-state index contributed by atoms with van der Waals surface area (Å²) in [4.78, 5) is 12.3. The van der Waals surface area contributed by atoms with Gasteiger partial charge in [-0.15, -0.1) is 0 Å². The molecule has 1 atom stereocenters. The van der Waals surface area contributed by atoms with Gasteiger partial charge in [-0.1, -0.05) is 48.5 Å². The van der Waals surface area contributed by atoms with Crippen molar-refractivity contribution < 1.29 is 9.53 Å². The average Bonchev–Trinajstić information content (AvgIpc) is 2.84. The van der Waals surface area contributed by atoms with E-state index in [0.29, 0.717) is 13.0 Å². The fourth-order valence-corrected chi connectivity index (χ4v) is 2.35. The first-order valence-electron chi connectivity index (χ1n) is 6.13. The van der Waals surface area contributed by atoms with Crippen molar-refractivity contribution in [3.63, 3.8) is 0 Å². The minimum atomic E-state index is -0.110. The molecule has 0 saturated carbocycles. The zero-order valence-corrected chi connectivity index (χ0v) is 10.0. The first kappa shape index (κ1) is 11.0. The molecule has 3 rings (SSSR count). The van der Waals surface area contributed by atoms with E-state index in [1.165, 1.54) is 0 Å². The Balaban J connectivity index is 1.79. The molecular weight excluding hydrogens is 224 g/mol. The lowest BCUT2D eigenvalue weighted by Crippen LogP contribution is -2.16. The predicted octanol–water partition coefficient (Wildman–Crippen LogP) is 2.97. The highest BCUT2D eigenvalue weighted by Crippen LogP contribution is 2.34. The number of fused-ring (bicyclic) bond motifs is 1. The molecule has 1 heterocycles. The molecule has 0 amide bonds. The number of rotatable bonds is 3. The highest BCUT2D eigenvalue weighted by Gasteiger charge is 2.29. The highest BCUT2D eigenvalue weighted by molar-refractivity contribution is 5.89. The van der Waals surface area contributed by atoms with Crippen LogP contribution >= 0.6 is 0 Å². The second-order valence-corrected chi connectivity index (χ2v) is 4.53. The number of hydrogen-bond donors (Lipinski definition) is 0. The highest BCUT2D eigenvalue weighted by atomic mass is 16.5. The molecule has 2 aromatic carbocycles. The lowest BCUT2D eigenvalue weighted by molar-refractivity contribution is -0.120. The maximum absolute atomic E-state index is 12.3. The summed E-state index contributed by atoms with van der Waals surface area (Å²) < 4.78 is 5.55. The molecule has 1 aliphatic rings. The van der Waals surface area contributed by atoms with Gasteiger partial charge in [0, 0.05) is 12.0 Å². The van der Waals surface area contributed by atoms with Gasteiger partial charge >= 0.3 is 0 Å². The van der Waals surface area contributed by atoms with Crippen LogP contribution in [0.4, 0.5) is 0 Å². The van der Waals surface area contributed by atoms with Crippen LogP contribution in [0, 0.1) is 0 Å². The number of carbonyl (C=O) groups excluding carboxylic acids is 1. The number of para-hydroxylation sites is 1. The van der Waals surface area contributed by atoms with Crippen molar-refractivity contribution in [3.05, 3.63) is 65.7 Å². The van der Waals surface area contributed by atoms with Crippen LogP contribution in [0.1, 0.15) is 17.0 Å². The van der Waals surface area contributed by atoms with Gasteiger partial charge in [0.05, 0.1) is 5.92 Å². The zero-order valence-electron chi connectivity index (χ0n) is 10.0. The SMILES string of the molecule is O=C(Cc1ccccc1)C1COc2ccccc21. The molecule has 2 heteroatoms. The summed E-state index contributed by atoms with van der Waals surface area (Å²) in [5, 5.41) is 0. The molecule has 0 radical (unpaired) electrons. The lowest BCUT2D eigenvalue weighted by Gasteiger charge is -2.07. The van der Waals surface area contributed by atoms with Crippen molar-refractivity contribution in [2.24, 2.45) is 0 Å². The van der Waals surface area contributed by atoms with Crippen LogP contribution in [0.15, 0.2) is 54.6 Å². The van der Waals surface area contributed by atoms with Gasteiger partial charge in [-0.3, -0.25) is 4.79 Å². The van der Waals surface area contributed by atoms with Crippen LogP contribution in [0.3, 0.4) is 0 Å². The zero-order chi connectivity index (χ0) is 12.4. The van der Waals surface area contributed by atoms with Crippen molar-refractivity contribution in [1.82, 2.24) is 0 Å². The van der Waals surface area contributed by atoms with E-state index < -0.39 is 0 Å². The second-order valence-electron chi connectivity index (χ2n) is 4.53. The van der Waals surface area contributed by atoms with Crippen molar-refractivity contribution in [2.45, 2.75) is 12.3 Å². The summed E-state index contributed by atoms with van der Waals surface area (Å²) in [5.74, 6) is 0.969. The van der Waals surface area contributed by atoms with E-state index >= 15 is 0 Å². The second kappa shape index (κ2) is 4.65. The number of carbonyl (C=O) groups is 1. The van der Waals surface area contributed by atoms with E-state index in [0.717, 1.165) is 16.9 Å². The fraction of sp³-hybridized carbons (Fsp3) is 0.188. The molecule has 0 saturated heterocycles. The summed E-state index contributed by atoms with van der Waals surface area (Å²) in [5.41, 5.74) is 2.09. The summed E-state index contributed by atoms with van der Waals surface area (Å²) in [6.45, 7) is 0.477. The van der Waals surface area contributed by atoms with E-state index in [2.05, 4.69) is 0 Å². The number of ether oxygens (including phenoxy) is 1. The van der Waals surface area contributed by atoms with Gasteiger partial charge in [0.15, 0.2) is 0 Å². The summed E-state index contributed by atoms with van der Waals surface area (Å²) in [6, 6.07) is 17.6. The first-order chi connectivity index (χ1) is 8.84. The quantitative estimate of drug-likeness (QED) is 0.821. The van der Waals surface area contributed by atoms with Gasteiger partial charge < -0.3 is 4.74 Å². The largest absolute Gasteiger partial charge is 0.492 e. The van der Waals surface area contributed by atoms with Crippen LogP contribution in [-0.2, 0) is 11.2 Å². The van der Waals surface area contributed by atoms with E-state index in [-0.39, 0.29) is 11.7 Å². The lowest BCUT2D eigenvalue weighted by atomic mass is 9.93. The first-order valence-corrected chi connectivity index (χ1v) is 6.13. The van der Waals surface area contributed by atoms with Crippen molar-refractivity contribution in [2.75, 3.05) is 6.61 Å². The fourth-order valence-electron chi connectivity index (χ4n) is 2.35. The van der Waals surface area contributed by atoms with Crippen LogP contribution in [0.25, 0.3) is 0 Å². The Kier molecular flexibility index (Phi) is 2.85. The smallest absolute Gasteiger partial charge is 0.148 e. The third kappa shape index (κ3) is 2.02. The van der Waals surface area contributed by atoms with Crippen LogP contribution in [0.2, 0.25) is 0 Å². The van der Waals surface area contributed by atoms with Gasteiger partial charge in [0.25, 0.3) is 0 Å². The average molecular weight is 238 g/mol. The molecule has 1 unspecified atom stereocenters. The van der Waals surface area contributed by atoms with Gasteiger partial charge in [0.1, 0.15) is 18.1 Å². The molecule has 0 bridgehead atoms. The molecule has 0 aromatic heterocycles. The van der Waals surface area contributed by atoms with E-state index in [4.69, 9.17) is 4.74 Å². The minimum Gasteiger partial charge on any atom is -0.492 e. The molecule has 90 valence electrons. The molecule has 0 spiro atoms. The Labute approximate surface area is 106 Å². The summed E-state index contributed by atoms with van der Waals surface area (Å²) >= 11 is 0. The van der Waals surface area contributed by atoms with Gasteiger partial charge in [0.2, 0.25) is 0 Å². The van der Waals surface area contributed by atoms with E-state index in [1.807, 2.05) is 54.6 Å². The summed E-state index contributed by atoms with van der Waals surface area (Å²) in [6.07, 6.45) is 0.475. The number of benzene rings is 2. The van der Waals surface area contributed by atoms with Crippen LogP contribution < -0.4 is 4.74 Å². The Bertz CT molecular complexity index is 560. The van der Waals surface area contributed by atoms with E-state index in [9.17, 15) is 4.79 Å². The van der Waals surface area contributed by atoms with Crippen LogP contribution in [-0.4, -0.2) is 12.4 Å². The Hall–Kier alpha value is -2.09. The third-order valence-corrected chi connectivity index (χ3v) is 3.31. The maximum atomic E-state index is 12.3. The number of hydrogen-bond acceptors (Lipinski definition) is 2. The Morgan fingerprint density at radius 1 is 1.06 bits per heavy atom. The molecule has 18 heavy (non-hydrogen) atoms. The number of ketones is 1. The van der Waals surface area contributed by atoms with Gasteiger partial charge in [-0.25, -0.2) is 0 Å². The van der Waals surface area contributed by atoms with Crippen molar-refractivity contribution in [1.29, 1.82) is 0 Å². The maximum Gasteiger partial charge on any atom is 0.148 e. The molecule has 0 fully saturated rings. The third-order valence-electron chi connectivity index (χ3n) is 3.31. The molecular formula is C16H14O2. The van der Waals surface area contributed by atoms with Gasteiger partial charge in [-0.05, 0) is 11.6 Å². The number of Topliss-reactive ketones (excluding diaryl/α,β-unsaturated/α-hetero) is 1. The molecule has 1 aliphatic heterocycles. The summed E-state index contributed by atoms with van der Waals surface area (Å²) in [7, 11) is 0. The van der Waals surface area contributed by atoms with Crippen molar-refractivity contribution >= 4 is 5.78 Å². The molecule has 0 N–H and O–H groups in total. The monoisotopic (exact) mass is 238 g/mol. The molecule has 2 nitrogen and oxygen atoms in total. The minimum absolute atomic E-state index is 0.110. The molecule has 0 aliphatic carbocycles. The van der Waals surface area contributed by atoms with Crippen molar-refractivity contribution in [3.8, 4) is 5.75 Å². The predicted molar refractivity (Wildman–Crippen MR) is 69.8 cm³/mol. The van der Waals surface area contributed by atoms with Gasteiger partial charge in [-0.2, -0.15) is 0 Å². The Morgan fingerprint density at radius 3 is 2.61 bits per heavy atom. The normalized spacial score (nSPS) is 17.0. The Morgan fingerprint density at radius 2 is 1.78 bits per heavy atom. The molecule has 2 aromatic rings. The topological polar surface area (TPSA) is 26.3 Å².